The van der Waals surface area contributed by atoms with Gasteiger partial charge in [0, 0.05) is 13.1 Å². The topological polar surface area (TPSA) is 55.6 Å². The third-order valence-electron chi connectivity index (χ3n) is 2.93. The Bertz CT molecular complexity index is 271. The van der Waals surface area contributed by atoms with Crippen LogP contribution in [0.15, 0.2) is 0 Å². The van der Waals surface area contributed by atoms with Gasteiger partial charge in [-0.2, -0.15) is 13.2 Å². The van der Waals surface area contributed by atoms with E-state index >= 15 is 0 Å². The standard InChI is InChI=1S/C10H17F3N2O2/c1-17-9(16)8(14)6-15-4-2-3-7(5-15)10(11,12)13/h7-8H,2-6,14H2,1H3. The van der Waals surface area contributed by atoms with Crippen LogP contribution in [0.5, 0.6) is 0 Å². The molecule has 0 amide bonds. The van der Waals surface area contributed by atoms with Crippen molar-refractivity contribution in [1.82, 2.24) is 4.90 Å². The number of carbonyl (C=O) groups is 1. The van der Waals surface area contributed by atoms with Crippen molar-refractivity contribution in [2.24, 2.45) is 11.7 Å². The molecule has 0 radical (unpaired) electrons. The van der Waals surface area contributed by atoms with E-state index in [1.54, 1.807) is 4.90 Å². The van der Waals surface area contributed by atoms with Gasteiger partial charge in [-0.1, -0.05) is 0 Å². The Morgan fingerprint density at radius 2 is 2.24 bits per heavy atom. The Kier molecular flexibility index (Phi) is 4.76. The van der Waals surface area contributed by atoms with Crippen LogP contribution in [0.25, 0.3) is 0 Å². The minimum absolute atomic E-state index is 0.0891. The van der Waals surface area contributed by atoms with Crippen LogP contribution in [0.1, 0.15) is 12.8 Å². The van der Waals surface area contributed by atoms with E-state index in [2.05, 4.69) is 4.74 Å². The lowest BCUT2D eigenvalue weighted by molar-refractivity contribution is -0.186. The molecule has 0 bridgehead atoms. The van der Waals surface area contributed by atoms with Gasteiger partial charge in [0.15, 0.2) is 0 Å². The third-order valence-corrected chi connectivity index (χ3v) is 2.93. The fraction of sp³-hybridized carbons (Fsp3) is 0.900. The Balaban J connectivity index is 2.47. The van der Waals surface area contributed by atoms with E-state index < -0.39 is 24.1 Å². The minimum Gasteiger partial charge on any atom is -0.468 e. The van der Waals surface area contributed by atoms with E-state index in [9.17, 15) is 18.0 Å². The highest BCUT2D eigenvalue weighted by atomic mass is 19.4. The quantitative estimate of drug-likeness (QED) is 0.755. The van der Waals surface area contributed by atoms with Gasteiger partial charge in [0.2, 0.25) is 0 Å². The van der Waals surface area contributed by atoms with E-state index in [0.717, 1.165) is 0 Å². The van der Waals surface area contributed by atoms with Gasteiger partial charge < -0.3 is 15.4 Å². The molecule has 1 fully saturated rings. The summed E-state index contributed by atoms with van der Waals surface area (Å²) in [5.74, 6) is -1.92. The zero-order chi connectivity index (χ0) is 13.1. The van der Waals surface area contributed by atoms with Crippen molar-refractivity contribution < 1.29 is 22.7 Å². The fourth-order valence-electron chi connectivity index (χ4n) is 1.99. The van der Waals surface area contributed by atoms with Gasteiger partial charge in [0.1, 0.15) is 6.04 Å². The largest absolute Gasteiger partial charge is 0.468 e. The molecule has 1 rings (SSSR count). The summed E-state index contributed by atoms with van der Waals surface area (Å²) in [5.41, 5.74) is 5.52. The number of carbonyl (C=O) groups excluding carboxylic acids is 1. The molecule has 4 nitrogen and oxygen atoms in total. The van der Waals surface area contributed by atoms with E-state index in [4.69, 9.17) is 5.73 Å². The van der Waals surface area contributed by atoms with Crippen LogP contribution in [-0.2, 0) is 9.53 Å². The zero-order valence-corrected chi connectivity index (χ0v) is 9.67. The average Bonchev–Trinajstić information content (AvgIpc) is 2.27. The van der Waals surface area contributed by atoms with Crippen molar-refractivity contribution in [2.45, 2.75) is 25.1 Å². The number of rotatable bonds is 3. The van der Waals surface area contributed by atoms with Crippen molar-refractivity contribution in [1.29, 1.82) is 0 Å². The lowest BCUT2D eigenvalue weighted by Crippen LogP contribution is -2.49. The van der Waals surface area contributed by atoms with Crippen LogP contribution in [0.3, 0.4) is 0 Å². The summed E-state index contributed by atoms with van der Waals surface area (Å²) in [6.07, 6.45) is -3.56. The van der Waals surface area contributed by atoms with Crippen molar-refractivity contribution in [3.63, 3.8) is 0 Å². The second kappa shape index (κ2) is 5.68. The van der Waals surface area contributed by atoms with Crippen molar-refractivity contribution in [3.8, 4) is 0 Å². The Morgan fingerprint density at radius 3 is 2.76 bits per heavy atom. The Labute approximate surface area is 97.9 Å². The van der Waals surface area contributed by atoms with Gasteiger partial charge >= 0.3 is 12.1 Å². The predicted octanol–water partition coefficient (Wildman–Crippen LogP) is 0.761. The van der Waals surface area contributed by atoms with E-state index in [0.29, 0.717) is 13.0 Å². The SMILES string of the molecule is COC(=O)C(N)CN1CCCC(C(F)(F)F)C1. The number of nitrogens with two attached hydrogens (primary N) is 1. The highest BCUT2D eigenvalue weighted by Crippen LogP contribution is 2.32. The number of ether oxygens (including phenoxy) is 1. The zero-order valence-electron chi connectivity index (χ0n) is 9.67. The first-order valence-corrected chi connectivity index (χ1v) is 5.47. The summed E-state index contributed by atoms with van der Waals surface area (Å²) in [4.78, 5) is 12.6. The van der Waals surface area contributed by atoms with Crippen LogP contribution in [0, 0.1) is 5.92 Å². The highest BCUT2D eigenvalue weighted by molar-refractivity contribution is 5.75. The van der Waals surface area contributed by atoms with Crippen LogP contribution in [0.2, 0.25) is 0 Å². The Hall–Kier alpha value is -0.820. The highest BCUT2D eigenvalue weighted by Gasteiger charge is 2.42. The number of hydrogen-bond donors (Lipinski definition) is 1. The molecule has 0 aromatic carbocycles. The first-order chi connectivity index (χ1) is 7.84. The third kappa shape index (κ3) is 4.16. The molecule has 100 valence electrons. The molecule has 1 saturated heterocycles. The average molecular weight is 254 g/mol. The van der Waals surface area contributed by atoms with Gasteiger partial charge in [-0.25, -0.2) is 0 Å². The number of alkyl halides is 3. The van der Waals surface area contributed by atoms with Crippen molar-refractivity contribution >= 4 is 5.97 Å². The maximum atomic E-state index is 12.5. The second-order valence-corrected chi connectivity index (χ2v) is 4.27. The van der Waals surface area contributed by atoms with E-state index in [-0.39, 0.29) is 19.5 Å². The molecule has 7 heteroatoms. The minimum atomic E-state index is -4.17. The van der Waals surface area contributed by atoms with Crippen LogP contribution >= 0.6 is 0 Å². The van der Waals surface area contributed by atoms with Crippen molar-refractivity contribution in [3.05, 3.63) is 0 Å². The van der Waals surface area contributed by atoms with E-state index in [1.165, 1.54) is 7.11 Å². The molecule has 0 saturated carbocycles. The molecule has 1 heterocycles. The van der Waals surface area contributed by atoms with Gasteiger partial charge in [0.25, 0.3) is 0 Å². The summed E-state index contributed by atoms with van der Waals surface area (Å²) in [6.45, 7) is 0.560. The molecule has 0 aliphatic carbocycles. The summed E-state index contributed by atoms with van der Waals surface area (Å²) in [5, 5.41) is 0. The maximum Gasteiger partial charge on any atom is 0.393 e. The smallest absolute Gasteiger partial charge is 0.393 e. The maximum absolute atomic E-state index is 12.5. The molecule has 0 aromatic heterocycles. The monoisotopic (exact) mass is 254 g/mol. The lowest BCUT2D eigenvalue weighted by atomic mass is 9.97. The predicted molar refractivity (Wildman–Crippen MR) is 55.2 cm³/mol. The van der Waals surface area contributed by atoms with Crippen LogP contribution in [0.4, 0.5) is 13.2 Å². The molecule has 0 aromatic rings. The molecule has 2 unspecified atom stereocenters. The summed E-state index contributed by atoms with van der Waals surface area (Å²) in [7, 11) is 1.21. The first-order valence-electron chi connectivity index (χ1n) is 5.47. The second-order valence-electron chi connectivity index (χ2n) is 4.27. The molecule has 0 spiro atoms. The normalized spacial score (nSPS) is 24.4. The van der Waals surface area contributed by atoms with E-state index in [1.807, 2.05) is 0 Å². The molecule has 1 aliphatic heterocycles. The molecule has 17 heavy (non-hydrogen) atoms. The molecule has 1 aliphatic rings. The van der Waals surface area contributed by atoms with Gasteiger partial charge in [-0.05, 0) is 19.4 Å². The van der Waals surface area contributed by atoms with Crippen molar-refractivity contribution in [2.75, 3.05) is 26.7 Å². The fourth-order valence-corrected chi connectivity index (χ4v) is 1.99. The Morgan fingerprint density at radius 1 is 1.59 bits per heavy atom. The van der Waals surface area contributed by atoms with Crippen LogP contribution < -0.4 is 5.73 Å². The molecular weight excluding hydrogens is 237 g/mol. The lowest BCUT2D eigenvalue weighted by Gasteiger charge is -2.34. The van der Waals surface area contributed by atoms with Gasteiger partial charge in [-0.15, -0.1) is 0 Å². The summed E-state index contributed by atoms with van der Waals surface area (Å²) in [6, 6.07) is -0.882. The van der Waals surface area contributed by atoms with Crippen LogP contribution in [-0.4, -0.2) is 49.8 Å². The number of likely N-dealkylation sites (tertiary alicyclic amines) is 1. The number of piperidine rings is 1. The molecular formula is C10H17F3N2O2. The number of halogens is 3. The van der Waals surface area contributed by atoms with Gasteiger partial charge in [0.05, 0.1) is 13.0 Å². The van der Waals surface area contributed by atoms with Gasteiger partial charge in [-0.3, -0.25) is 4.79 Å². The number of methoxy groups -OCH3 is 1. The number of hydrogen-bond acceptors (Lipinski definition) is 4. The first kappa shape index (κ1) is 14.2. The molecule has 2 N–H and O–H groups in total. The number of esters is 1. The molecule has 2 atom stereocenters. The number of nitrogens with zero attached hydrogens (tertiary/aromatic N) is 1. The summed E-state index contributed by atoms with van der Waals surface area (Å²) < 4.78 is 42.0. The summed E-state index contributed by atoms with van der Waals surface area (Å²) >= 11 is 0.